The van der Waals surface area contributed by atoms with Crippen LogP contribution < -0.4 is 10.1 Å². The van der Waals surface area contributed by atoms with Crippen molar-refractivity contribution in [1.29, 1.82) is 0 Å². The number of nitrogens with zero attached hydrogens (tertiary/aromatic N) is 1. The van der Waals surface area contributed by atoms with Gasteiger partial charge in [0.05, 0.1) is 6.20 Å². The number of aromatic nitrogens is 1. The van der Waals surface area contributed by atoms with Crippen LogP contribution in [0.4, 0.5) is 4.39 Å². The number of nitrogens with one attached hydrogen (secondary N) is 1. The van der Waals surface area contributed by atoms with Crippen LogP contribution in [0.2, 0.25) is 5.02 Å². The summed E-state index contributed by atoms with van der Waals surface area (Å²) in [6.45, 7) is 0.473. The van der Waals surface area contributed by atoms with E-state index in [4.69, 9.17) is 16.3 Å². The lowest BCUT2D eigenvalue weighted by atomic mass is 10.2. The highest BCUT2D eigenvalue weighted by Crippen LogP contribution is 2.25. The summed E-state index contributed by atoms with van der Waals surface area (Å²) in [5.74, 6) is 0.547. The molecular weight excluding hydrogens is 255 g/mol. The van der Waals surface area contributed by atoms with E-state index in [0.29, 0.717) is 28.8 Å². The lowest BCUT2D eigenvalue weighted by molar-refractivity contribution is 0.450. The SMILES string of the molecule is CNCc1cc(F)cnc1Oc1cccc(Cl)c1. The molecular formula is C13H12ClFN2O. The first-order valence-electron chi connectivity index (χ1n) is 5.41. The number of hydrogen-bond acceptors (Lipinski definition) is 3. The summed E-state index contributed by atoms with van der Waals surface area (Å²) >= 11 is 5.86. The second kappa shape index (κ2) is 5.80. The Balaban J connectivity index is 2.28. The van der Waals surface area contributed by atoms with Crippen molar-refractivity contribution in [2.75, 3.05) is 7.05 Å². The minimum absolute atomic E-state index is 0.369. The van der Waals surface area contributed by atoms with Gasteiger partial charge in [-0.15, -0.1) is 0 Å². The van der Waals surface area contributed by atoms with Crippen molar-refractivity contribution in [3.05, 3.63) is 52.9 Å². The predicted molar refractivity (Wildman–Crippen MR) is 68.5 cm³/mol. The van der Waals surface area contributed by atoms with Crippen molar-refractivity contribution in [2.24, 2.45) is 0 Å². The minimum atomic E-state index is -0.390. The summed E-state index contributed by atoms with van der Waals surface area (Å²) in [6.07, 6.45) is 1.12. The van der Waals surface area contributed by atoms with Crippen LogP contribution in [0.15, 0.2) is 36.5 Å². The smallest absolute Gasteiger partial charge is 0.223 e. The van der Waals surface area contributed by atoms with Gasteiger partial charge in [0.1, 0.15) is 11.6 Å². The van der Waals surface area contributed by atoms with Crippen LogP contribution >= 0.6 is 11.6 Å². The molecule has 0 radical (unpaired) electrons. The normalized spacial score (nSPS) is 10.4. The zero-order chi connectivity index (χ0) is 13.0. The van der Waals surface area contributed by atoms with E-state index in [1.165, 1.54) is 6.07 Å². The third kappa shape index (κ3) is 3.18. The van der Waals surface area contributed by atoms with Crippen LogP contribution in [-0.2, 0) is 6.54 Å². The zero-order valence-corrected chi connectivity index (χ0v) is 10.5. The summed E-state index contributed by atoms with van der Waals surface area (Å²) in [4.78, 5) is 3.94. The molecule has 1 aromatic heterocycles. The molecule has 0 unspecified atom stereocenters. The molecule has 2 rings (SSSR count). The number of pyridine rings is 1. The summed E-state index contributed by atoms with van der Waals surface area (Å²) < 4.78 is 18.7. The van der Waals surface area contributed by atoms with Crippen molar-refractivity contribution in [2.45, 2.75) is 6.54 Å². The number of halogens is 2. The van der Waals surface area contributed by atoms with Crippen LogP contribution in [0.3, 0.4) is 0 Å². The molecule has 5 heteroatoms. The lowest BCUT2D eigenvalue weighted by Crippen LogP contribution is -2.07. The summed E-state index contributed by atoms with van der Waals surface area (Å²) in [7, 11) is 1.77. The highest BCUT2D eigenvalue weighted by atomic mass is 35.5. The monoisotopic (exact) mass is 266 g/mol. The fourth-order valence-electron chi connectivity index (χ4n) is 1.52. The summed E-state index contributed by atoms with van der Waals surface area (Å²) in [6, 6.07) is 8.36. The van der Waals surface area contributed by atoms with Crippen molar-refractivity contribution >= 4 is 11.6 Å². The average Bonchev–Trinajstić information content (AvgIpc) is 2.33. The molecule has 0 bridgehead atoms. The molecule has 0 saturated heterocycles. The predicted octanol–water partition coefficient (Wildman–Crippen LogP) is 3.39. The van der Waals surface area contributed by atoms with Gasteiger partial charge in [0.15, 0.2) is 0 Å². The Kier molecular flexibility index (Phi) is 4.12. The first-order valence-corrected chi connectivity index (χ1v) is 5.79. The molecule has 1 N–H and O–H groups in total. The minimum Gasteiger partial charge on any atom is -0.439 e. The largest absolute Gasteiger partial charge is 0.439 e. The molecule has 1 heterocycles. The molecule has 0 amide bonds. The topological polar surface area (TPSA) is 34.2 Å². The Morgan fingerprint density at radius 1 is 1.39 bits per heavy atom. The molecule has 0 saturated carbocycles. The second-order valence-electron chi connectivity index (χ2n) is 3.71. The third-order valence-corrected chi connectivity index (χ3v) is 2.50. The maximum Gasteiger partial charge on any atom is 0.223 e. The third-order valence-electron chi connectivity index (χ3n) is 2.27. The van der Waals surface area contributed by atoms with E-state index in [1.54, 1.807) is 31.3 Å². The Labute approximate surface area is 110 Å². The van der Waals surface area contributed by atoms with Gasteiger partial charge in [0, 0.05) is 17.1 Å². The quantitative estimate of drug-likeness (QED) is 0.921. The number of hydrogen-bond donors (Lipinski definition) is 1. The van der Waals surface area contributed by atoms with Crippen molar-refractivity contribution < 1.29 is 9.13 Å². The van der Waals surface area contributed by atoms with Gasteiger partial charge in [-0.25, -0.2) is 9.37 Å². The molecule has 0 fully saturated rings. The first kappa shape index (κ1) is 12.8. The van der Waals surface area contributed by atoms with Gasteiger partial charge < -0.3 is 10.1 Å². The standard InChI is InChI=1S/C13H12ClFN2O/c1-16-7-9-5-11(15)8-17-13(9)18-12-4-2-3-10(14)6-12/h2-6,8,16H,7H2,1H3. The lowest BCUT2D eigenvalue weighted by Gasteiger charge is -2.09. The van der Waals surface area contributed by atoms with E-state index in [0.717, 1.165) is 6.20 Å². The van der Waals surface area contributed by atoms with E-state index in [1.807, 2.05) is 0 Å². The Hall–Kier alpha value is -1.65. The van der Waals surface area contributed by atoms with Gasteiger partial charge in [0.2, 0.25) is 5.88 Å². The molecule has 0 spiro atoms. The van der Waals surface area contributed by atoms with Crippen LogP contribution in [0.5, 0.6) is 11.6 Å². The van der Waals surface area contributed by atoms with Gasteiger partial charge in [-0.3, -0.25) is 0 Å². The summed E-state index contributed by atoms with van der Waals surface area (Å²) in [5, 5.41) is 3.51. The highest BCUT2D eigenvalue weighted by molar-refractivity contribution is 6.30. The molecule has 2 aromatic rings. The van der Waals surface area contributed by atoms with E-state index in [-0.39, 0.29) is 0 Å². The number of benzene rings is 1. The van der Waals surface area contributed by atoms with Gasteiger partial charge in [-0.1, -0.05) is 17.7 Å². The Morgan fingerprint density at radius 3 is 2.94 bits per heavy atom. The fourth-order valence-corrected chi connectivity index (χ4v) is 1.70. The van der Waals surface area contributed by atoms with E-state index >= 15 is 0 Å². The molecule has 94 valence electrons. The maximum atomic E-state index is 13.1. The molecule has 3 nitrogen and oxygen atoms in total. The summed E-state index contributed by atoms with van der Waals surface area (Å²) in [5.41, 5.74) is 0.650. The van der Waals surface area contributed by atoms with Crippen LogP contribution in [-0.4, -0.2) is 12.0 Å². The van der Waals surface area contributed by atoms with Gasteiger partial charge >= 0.3 is 0 Å². The van der Waals surface area contributed by atoms with Crippen molar-refractivity contribution in [3.8, 4) is 11.6 Å². The van der Waals surface area contributed by atoms with Gasteiger partial charge in [-0.2, -0.15) is 0 Å². The molecule has 0 aliphatic heterocycles. The van der Waals surface area contributed by atoms with Crippen LogP contribution in [0.1, 0.15) is 5.56 Å². The molecule has 0 atom stereocenters. The van der Waals surface area contributed by atoms with E-state index in [9.17, 15) is 4.39 Å². The first-order chi connectivity index (χ1) is 8.69. The van der Waals surface area contributed by atoms with Gasteiger partial charge in [-0.05, 0) is 31.3 Å². The number of ether oxygens (including phenoxy) is 1. The molecule has 0 aliphatic carbocycles. The molecule has 1 aromatic carbocycles. The average molecular weight is 267 g/mol. The van der Waals surface area contributed by atoms with Crippen molar-refractivity contribution in [1.82, 2.24) is 10.3 Å². The maximum absolute atomic E-state index is 13.1. The molecule has 0 aliphatic rings. The van der Waals surface area contributed by atoms with Gasteiger partial charge in [0.25, 0.3) is 0 Å². The van der Waals surface area contributed by atoms with E-state index in [2.05, 4.69) is 10.3 Å². The highest BCUT2D eigenvalue weighted by Gasteiger charge is 2.08. The molecule has 18 heavy (non-hydrogen) atoms. The Morgan fingerprint density at radius 2 is 2.22 bits per heavy atom. The fraction of sp³-hybridized carbons (Fsp3) is 0.154. The van der Waals surface area contributed by atoms with Crippen LogP contribution in [0.25, 0.3) is 0 Å². The van der Waals surface area contributed by atoms with Crippen LogP contribution in [0, 0.1) is 5.82 Å². The number of rotatable bonds is 4. The second-order valence-corrected chi connectivity index (χ2v) is 4.14. The zero-order valence-electron chi connectivity index (χ0n) is 9.78. The van der Waals surface area contributed by atoms with Crippen molar-refractivity contribution in [3.63, 3.8) is 0 Å². The van der Waals surface area contributed by atoms with E-state index < -0.39 is 5.82 Å². The Bertz CT molecular complexity index is 548.